The first kappa shape index (κ1) is 12.5. The quantitative estimate of drug-likeness (QED) is 0.829. The number of para-hydroxylation sites is 1. The van der Waals surface area contributed by atoms with Gasteiger partial charge >= 0.3 is 0 Å². The third-order valence-electron chi connectivity index (χ3n) is 3.94. The lowest BCUT2D eigenvalue weighted by Crippen LogP contribution is -2.52. The molecule has 2 heterocycles. The lowest BCUT2D eigenvalue weighted by atomic mass is 9.91. The smallest absolute Gasteiger partial charge is 0.230 e. The van der Waals surface area contributed by atoms with Gasteiger partial charge < -0.3 is 15.0 Å². The monoisotopic (exact) mass is 260 g/mol. The molecule has 2 aliphatic rings. The third kappa shape index (κ3) is 2.45. The number of nitrogens with zero attached hydrogens (tertiary/aromatic N) is 1. The highest BCUT2D eigenvalue weighted by molar-refractivity contribution is 5.85. The van der Waals surface area contributed by atoms with Crippen LogP contribution < -0.4 is 10.1 Å². The van der Waals surface area contributed by atoms with E-state index in [-0.39, 0.29) is 11.8 Å². The van der Waals surface area contributed by atoms with Crippen molar-refractivity contribution in [3.05, 3.63) is 29.8 Å². The molecule has 102 valence electrons. The minimum absolute atomic E-state index is 0.0322. The van der Waals surface area contributed by atoms with Crippen molar-refractivity contribution in [2.75, 3.05) is 26.2 Å². The molecular weight excluding hydrogens is 240 g/mol. The number of nitrogens with one attached hydrogen (secondary N) is 1. The van der Waals surface area contributed by atoms with Crippen molar-refractivity contribution >= 4 is 5.91 Å². The Hall–Kier alpha value is -1.55. The third-order valence-corrected chi connectivity index (χ3v) is 3.94. The van der Waals surface area contributed by atoms with E-state index in [1.54, 1.807) is 0 Å². The van der Waals surface area contributed by atoms with Crippen LogP contribution in [-0.2, 0) is 4.79 Å². The molecule has 2 atom stereocenters. The zero-order valence-corrected chi connectivity index (χ0v) is 11.3. The summed E-state index contributed by atoms with van der Waals surface area (Å²) in [5.74, 6) is 1.09. The van der Waals surface area contributed by atoms with Crippen LogP contribution in [0.4, 0.5) is 0 Å². The van der Waals surface area contributed by atoms with E-state index in [4.69, 9.17) is 4.74 Å². The van der Waals surface area contributed by atoms with Gasteiger partial charge in [-0.3, -0.25) is 4.79 Å². The minimum Gasteiger partial charge on any atom is -0.493 e. The molecule has 0 unspecified atom stereocenters. The molecule has 3 rings (SSSR count). The van der Waals surface area contributed by atoms with Crippen LogP contribution in [0.25, 0.3) is 0 Å². The molecule has 1 N–H and O–H groups in total. The first-order chi connectivity index (χ1) is 9.25. The predicted molar refractivity (Wildman–Crippen MR) is 73.3 cm³/mol. The lowest BCUT2D eigenvalue weighted by molar-refractivity contribution is -0.134. The average Bonchev–Trinajstić information content (AvgIpc) is 2.46. The summed E-state index contributed by atoms with van der Waals surface area (Å²) in [5.41, 5.74) is 1.05. The van der Waals surface area contributed by atoms with Gasteiger partial charge in [-0.25, -0.2) is 0 Å². The Balaban J connectivity index is 1.81. The minimum atomic E-state index is -0.0322. The number of hydrogen-bond donors (Lipinski definition) is 1. The molecule has 0 spiro atoms. The fourth-order valence-corrected chi connectivity index (χ4v) is 2.95. The molecule has 1 saturated heterocycles. The summed E-state index contributed by atoms with van der Waals surface area (Å²) in [6.45, 7) is 5.26. The van der Waals surface area contributed by atoms with Crippen molar-refractivity contribution in [2.24, 2.45) is 0 Å². The SMILES string of the molecule is C[C@H]1CN(C(=O)[C@@H]2CCOc3ccccc32)CCN1. The summed E-state index contributed by atoms with van der Waals surface area (Å²) in [6.07, 6.45) is 0.786. The number of hydrogen-bond acceptors (Lipinski definition) is 3. The Labute approximate surface area is 113 Å². The van der Waals surface area contributed by atoms with Gasteiger partial charge in [-0.05, 0) is 19.4 Å². The van der Waals surface area contributed by atoms with E-state index < -0.39 is 0 Å². The van der Waals surface area contributed by atoms with Crippen molar-refractivity contribution in [1.82, 2.24) is 10.2 Å². The molecule has 19 heavy (non-hydrogen) atoms. The van der Waals surface area contributed by atoms with Gasteiger partial charge in [0.15, 0.2) is 0 Å². The molecular formula is C15H20N2O2. The number of carbonyl (C=O) groups excluding carboxylic acids is 1. The van der Waals surface area contributed by atoms with E-state index >= 15 is 0 Å². The van der Waals surface area contributed by atoms with Crippen LogP contribution in [-0.4, -0.2) is 43.1 Å². The molecule has 4 heteroatoms. The molecule has 0 bridgehead atoms. The van der Waals surface area contributed by atoms with Gasteiger partial charge in [0.05, 0.1) is 12.5 Å². The molecule has 0 aliphatic carbocycles. The van der Waals surface area contributed by atoms with E-state index in [0.29, 0.717) is 12.6 Å². The number of rotatable bonds is 1. The van der Waals surface area contributed by atoms with Gasteiger partial charge in [-0.2, -0.15) is 0 Å². The summed E-state index contributed by atoms with van der Waals surface area (Å²) in [7, 11) is 0. The molecule has 0 aromatic heterocycles. The van der Waals surface area contributed by atoms with Crippen LogP contribution in [0.2, 0.25) is 0 Å². The topological polar surface area (TPSA) is 41.6 Å². The molecule has 1 aromatic carbocycles. The number of piperazine rings is 1. The molecule has 1 aromatic rings. The fraction of sp³-hybridized carbons (Fsp3) is 0.533. The fourth-order valence-electron chi connectivity index (χ4n) is 2.95. The second-order valence-corrected chi connectivity index (χ2v) is 5.37. The number of amides is 1. The second kappa shape index (κ2) is 5.21. The van der Waals surface area contributed by atoms with Gasteiger partial charge in [0.2, 0.25) is 5.91 Å². The summed E-state index contributed by atoms with van der Waals surface area (Å²) in [4.78, 5) is 14.7. The normalized spacial score (nSPS) is 26.5. The largest absolute Gasteiger partial charge is 0.493 e. The predicted octanol–water partition coefficient (Wildman–Crippen LogP) is 1.37. The van der Waals surface area contributed by atoms with Gasteiger partial charge in [0, 0.05) is 31.2 Å². The molecule has 4 nitrogen and oxygen atoms in total. The Kier molecular flexibility index (Phi) is 3.42. The zero-order valence-electron chi connectivity index (χ0n) is 11.3. The number of ether oxygens (including phenoxy) is 1. The molecule has 1 amide bonds. The van der Waals surface area contributed by atoms with Crippen LogP contribution in [0.5, 0.6) is 5.75 Å². The Bertz CT molecular complexity index is 475. The Morgan fingerprint density at radius 3 is 3.11 bits per heavy atom. The van der Waals surface area contributed by atoms with Crippen molar-refractivity contribution in [3.63, 3.8) is 0 Å². The first-order valence-electron chi connectivity index (χ1n) is 6.99. The lowest BCUT2D eigenvalue weighted by Gasteiger charge is -2.35. The number of carbonyl (C=O) groups is 1. The number of benzene rings is 1. The standard InChI is InChI=1S/C15H20N2O2/c1-11-10-17(8-7-16-11)15(18)13-6-9-19-14-5-3-2-4-12(13)14/h2-5,11,13,16H,6-10H2,1H3/t11-,13+/m0/s1. The van der Waals surface area contributed by atoms with Crippen LogP contribution in [0, 0.1) is 0 Å². The highest BCUT2D eigenvalue weighted by Crippen LogP contribution is 2.34. The van der Waals surface area contributed by atoms with E-state index in [1.165, 1.54) is 0 Å². The van der Waals surface area contributed by atoms with Gasteiger partial charge in [0.1, 0.15) is 5.75 Å². The maximum Gasteiger partial charge on any atom is 0.230 e. The van der Waals surface area contributed by atoms with E-state index in [0.717, 1.165) is 37.4 Å². The van der Waals surface area contributed by atoms with E-state index in [1.807, 2.05) is 29.2 Å². The van der Waals surface area contributed by atoms with Crippen molar-refractivity contribution < 1.29 is 9.53 Å². The van der Waals surface area contributed by atoms with E-state index in [2.05, 4.69) is 12.2 Å². The maximum atomic E-state index is 12.7. The Morgan fingerprint density at radius 1 is 1.42 bits per heavy atom. The first-order valence-corrected chi connectivity index (χ1v) is 6.99. The van der Waals surface area contributed by atoms with Crippen molar-refractivity contribution in [3.8, 4) is 5.75 Å². The van der Waals surface area contributed by atoms with Crippen molar-refractivity contribution in [2.45, 2.75) is 25.3 Å². The van der Waals surface area contributed by atoms with Crippen LogP contribution >= 0.6 is 0 Å². The molecule has 0 radical (unpaired) electrons. The molecule has 1 fully saturated rings. The van der Waals surface area contributed by atoms with Crippen molar-refractivity contribution in [1.29, 1.82) is 0 Å². The summed E-state index contributed by atoms with van der Waals surface area (Å²) < 4.78 is 5.63. The summed E-state index contributed by atoms with van der Waals surface area (Å²) in [5, 5.41) is 3.37. The number of fused-ring (bicyclic) bond motifs is 1. The van der Waals surface area contributed by atoms with Gasteiger partial charge in [-0.1, -0.05) is 18.2 Å². The van der Waals surface area contributed by atoms with E-state index in [9.17, 15) is 4.79 Å². The van der Waals surface area contributed by atoms with Gasteiger partial charge in [0.25, 0.3) is 0 Å². The highest BCUT2D eigenvalue weighted by atomic mass is 16.5. The summed E-state index contributed by atoms with van der Waals surface area (Å²) in [6, 6.07) is 8.29. The zero-order chi connectivity index (χ0) is 13.2. The second-order valence-electron chi connectivity index (χ2n) is 5.37. The Morgan fingerprint density at radius 2 is 2.26 bits per heavy atom. The maximum absolute atomic E-state index is 12.7. The van der Waals surface area contributed by atoms with Crippen LogP contribution in [0.1, 0.15) is 24.8 Å². The average molecular weight is 260 g/mol. The highest BCUT2D eigenvalue weighted by Gasteiger charge is 2.32. The summed E-state index contributed by atoms with van der Waals surface area (Å²) >= 11 is 0. The van der Waals surface area contributed by atoms with Gasteiger partial charge in [-0.15, -0.1) is 0 Å². The van der Waals surface area contributed by atoms with Crippen LogP contribution in [0.3, 0.4) is 0 Å². The molecule has 0 saturated carbocycles. The molecule has 2 aliphatic heterocycles. The van der Waals surface area contributed by atoms with Crippen LogP contribution in [0.15, 0.2) is 24.3 Å².